The number of aromatic nitrogens is 3. The fourth-order valence-corrected chi connectivity index (χ4v) is 2.59. The fourth-order valence-electron chi connectivity index (χ4n) is 2.59. The molecule has 0 atom stereocenters. The molecule has 0 aliphatic carbocycles. The molecule has 0 aliphatic rings. The van der Waals surface area contributed by atoms with Crippen LogP contribution in [-0.4, -0.2) is 34.3 Å². The van der Waals surface area contributed by atoms with Crippen molar-refractivity contribution in [2.75, 3.05) is 13.6 Å². The van der Waals surface area contributed by atoms with E-state index in [1.54, 1.807) is 7.05 Å². The average Bonchev–Trinajstić information content (AvgIpc) is 2.94. The van der Waals surface area contributed by atoms with E-state index in [0.29, 0.717) is 6.54 Å². The molecule has 6 nitrogen and oxygen atoms in total. The average molecular weight is 342 g/mol. The molecule has 0 radical (unpaired) electrons. The molecule has 25 heavy (non-hydrogen) atoms. The van der Waals surface area contributed by atoms with Gasteiger partial charge in [-0.2, -0.15) is 0 Å². The molecule has 0 bridgehead atoms. The predicted molar refractivity (Wildman–Crippen MR) is 103 cm³/mol. The molecule has 1 heterocycles. The number of rotatable bonds is 6. The summed E-state index contributed by atoms with van der Waals surface area (Å²) in [5, 5.41) is 14.9. The van der Waals surface area contributed by atoms with Crippen molar-refractivity contribution in [3.05, 3.63) is 47.0 Å². The molecular weight excluding hydrogens is 312 g/mol. The molecule has 0 fully saturated rings. The Morgan fingerprint density at radius 2 is 1.84 bits per heavy atom. The molecule has 136 valence electrons. The van der Waals surface area contributed by atoms with Crippen LogP contribution in [0.25, 0.3) is 0 Å². The summed E-state index contributed by atoms with van der Waals surface area (Å²) in [6, 6.07) is 8.86. The van der Waals surface area contributed by atoms with Crippen LogP contribution in [-0.2, 0) is 25.4 Å². The minimum Gasteiger partial charge on any atom is -0.356 e. The maximum absolute atomic E-state index is 4.30. The number of hydrogen-bond acceptors (Lipinski definition) is 3. The summed E-state index contributed by atoms with van der Waals surface area (Å²) in [5.41, 5.74) is 2.69. The van der Waals surface area contributed by atoms with Gasteiger partial charge >= 0.3 is 0 Å². The Bertz CT molecular complexity index is 712. The summed E-state index contributed by atoms with van der Waals surface area (Å²) >= 11 is 0. The Balaban J connectivity index is 1.93. The summed E-state index contributed by atoms with van der Waals surface area (Å²) in [6.07, 6.45) is 1.07. The first-order valence-electron chi connectivity index (χ1n) is 8.76. The number of aryl methyl sites for hydroxylation is 2. The van der Waals surface area contributed by atoms with Gasteiger partial charge in [0.1, 0.15) is 5.82 Å². The Morgan fingerprint density at radius 3 is 2.36 bits per heavy atom. The first kappa shape index (κ1) is 19.0. The maximum atomic E-state index is 4.30. The minimum atomic E-state index is 0.00522. The lowest BCUT2D eigenvalue weighted by Gasteiger charge is -2.27. The molecule has 0 unspecified atom stereocenters. The van der Waals surface area contributed by atoms with Crippen molar-refractivity contribution < 1.29 is 0 Å². The van der Waals surface area contributed by atoms with Crippen LogP contribution < -0.4 is 10.6 Å². The van der Waals surface area contributed by atoms with Crippen LogP contribution in [0.4, 0.5) is 0 Å². The zero-order valence-electron chi connectivity index (χ0n) is 16.2. The van der Waals surface area contributed by atoms with Gasteiger partial charge in [0, 0.05) is 26.1 Å². The largest absolute Gasteiger partial charge is 0.356 e. The zero-order chi connectivity index (χ0) is 18.4. The predicted octanol–water partition coefficient (Wildman–Crippen LogP) is 2.33. The van der Waals surface area contributed by atoms with E-state index in [1.807, 2.05) is 18.5 Å². The number of nitrogens with zero attached hydrogens (tertiary/aromatic N) is 4. The molecule has 6 heteroatoms. The molecule has 0 aliphatic heterocycles. The molecule has 0 saturated heterocycles. The molecular formula is C19H30N6. The third kappa shape index (κ3) is 4.81. The van der Waals surface area contributed by atoms with Crippen LogP contribution in [0.3, 0.4) is 0 Å². The molecule has 0 spiro atoms. The highest BCUT2D eigenvalue weighted by Gasteiger charge is 2.21. The molecule has 0 saturated carbocycles. The molecule has 1 aromatic carbocycles. The van der Waals surface area contributed by atoms with E-state index in [1.165, 1.54) is 11.1 Å². The van der Waals surface area contributed by atoms with Gasteiger partial charge in [0.25, 0.3) is 0 Å². The normalized spacial score (nSPS) is 12.3. The lowest BCUT2D eigenvalue weighted by Crippen LogP contribution is -2.43. The van der Waals surface area contributed by atoms with Crippen LogP contribution >= 0.6 is 0 Å². The number of hydrogen-bond donors (Lipinski definition) is 2. The van der Waals surface area contributed by atoms with Crippen LogP contribution in [0.1, 0.15) is 43.5 Å². The Hall–Kier alpha value is -2.37. The highest BCUT2D eigenvalue weighted by atomic mass is 15.3. The molecule has 2 N–H and O–H groups in total. The van der Waals surface area contributed by atoms with E-state index in [9.17, 15) is 0 Å². The summed E-state index contributed by atoms with van der Waals surface area (Å²) in [4.78, 5) is 4.30. The quantitative estimate of drug-likeness (QED) is 0.624. The third-order valence-corrected chi connectivity index (χ3v) is 4.66. The van der Waals surface area contributed by atoms with Crippen LogP contribution in [0.2, 0.25) is 0 Å². The van der Waals surface area contributed by atoms with E-state index in [0.717, 1.165) is 30.6 Å². The van der Waals surface area contributed by atoms with E-state index >= 15 is 0 Å². The van der Waals surface area contributed by atoms with E-state index in [4.69, 9.17) is 0 Å². The van der Waals surface area contributed by atoms with Crippen LogP contribution in [0, 0.1) is 6.92 Å². The van der Waals surface area contributed by atoms with Gasteiger partial charge in [-0.25, -0.2) is 0 Å². The van der Waals surface area contributed by atoms with Crippen LogP contribution in [0.5, 0.6) is 0 Å². The van der Waals surface area contributed by atoms with Gasteiger partial charge in [0.05, 0.1) is 6.54 Å². The van der Waals surface area contributed by atoms with Gasteiger partial charge in [-0.05, 0) is 24.5 Å². The Kier molecular flexibility index (Phi) is 6.17. The second-order valence-corrected chi connectivity index (χ2v) is 6.94. The van der Waals surface area contributed by atoms with Crippen molar-refractivity contribution >= 4 is 5.96 Å². The third-order valence-electron chi connectivity index (χ3n) is 4.66. The maximum Gasteiger partial charge on any atom is 0.191 e. The summed E-state index contributed by atoms with van der Waals surface area (Å²) in [5.74, 6) is 2.55. The van der Waals surface area contributed by atoms with Crippen molar-refractivity contribution in [3.8, 4) is 0 Å². The van der Waals surface area contributed by atoms with Gasteiger partial charge in [0.15, 0.2) is 11.8 Å². The van der Waals surface area contributed by atoms with Gasteiger partial charge < -0.3 is 15.2 Å². The Labute approximate surface area is 150 Å². The standard InChI is InChI=1S/C19H30N6/c1-7-15-8-10-16(11-9-15)19(3,4)13-22-18(20-5)21-12-17-24-23-14(2)25(17)6/h8-11H,7,12-13H2,1-6H3,(H2,20,21,22). The SMILES string of the molecule is CCc1ccc(C(C)(C)CNC(=NC)NCc2nnc(C)n2C)cc1. The van der Waals surface area contributed by atoms with Gasteiger partial charge in [-0.15, -0.1) is 10.2 Å². The highest BCUT2D eigenvalue weighted by molar-refractivity contribution is 5.79. The Morgan fingerprint density at radius 1 is 1.16 bits per heavy atom. The van der Waals surface area contributed by atoms with Crippen LogP contribution in [0.15, 0.2) is 29.3 Å². The second-order valence-electron chi connectivity index (χ2n) is 6.94. The number of aliphatic imine (C=N–C) groups is 1. The highest BCUT2D eigenvalue weighted by Crippen LogP contribution is 2.22. The molecule has 2 rings (SSSR count). The van der Waals surface area contributed by atoms with E-state index < -0.39 is 0 Å². The first-order valence-corrected chi connectivity index (χ1v) is 8.76. The molecule has 0 amide bonds. The van der Waals surface area contributed by atoms with Crippen molar-refractivity contribution in [3.63, 3.8) is 0 Å². The van der Waals surface area contributed by atoms with Crippen molar-refractivity contribution in [1.82, 2.24) is 25.4 Å². The van der Waals surface area contributed by atoms with Crippen molar-refractivity contribution in [2.45, 2.75) is 46.1 Å². The van der Waals surface area contributed by atoms with E-state index in [2.05, 4.69) is 70.9 Å². The monoisotopic (exact) mass is 342 g/mol. The lowest BCUT2D eigenvalue weighted by molar-refractivity contribution is 0.508. The smallest absolute Gasteiger partial charge is 0.191 e. The zero-order valence-corrected chi connectivity index (χ0v) is 16.2. The first-order chi connectivity index (χ1) is 11.9. The minimum absolute atomic E-state index is 0.00522. The summed E-state index contributed by atoms with van der Waals surface area (Å²) in [6.45, 7) is 9.96. The number of nitrogens with one attached hydrogen (secondary N) is 2. The second kappa shape index (κ2) is 8.14. The topological polar surface area (TPSA) is 67.1 Å². The molecule has 2 aromatic rings. The van der Waals surface area contributed by atoms with Crippen molar-refractivity contribution in [1.29, 1.82) is 0 Å². The van der Waals surface area contributed by atoms with E-state index in [-0.39, 0.29) is 5.41 Å². The number of guanidine groups is 1. The summed E-state index contributed by atoms with van der Waals surface area (Å²) in [7, 11) is 3.74. The lowest BCUT2D eigenvalue weighted by atomic mass is 9.84. The van der Waals surface area contributed by atoms with Gasteiger partial charge in [-0.1, -0.05) is 45.0 Å². The summed E-state index contributed by atoms with van der Waals surface area (Å²) < 4.78 is 1.97. The number of benzene rings is 1. The van der Waals surface area contributed by atoms with Gasteiger partial charge in [0.2, 0.25) is 0 Å². The molecule has 1 aromatic heterocycles. The van der Waals surface area contributed by atoms with Gasteiger partial charge in [-0.3, -0.25) is 4.99 Å². The fraction of sp³-hybridized carbons (Fsp3) is 0.526. The van der Waals surface area contributed by atoms with Crippen molar-refractivity contribution in [2.24, 2.45) is 12.0 Å².